The smallest absolute Gasteiger partial charge is 0.326 e. The van der Waals surface area contributed by atoms with Gasteiger partial charge in [0.25, 0.3) is 0 Å². The Bertz CT molecular complexity index is 396. The Balaban J connectivity index is 1.88. The summed E-state index contributed by atoms with van der Waals surface area (Å²) >= 11 is 0. The summed E-state index contributed by atoms with van der Waals surface area (Å²) < 4.78 is 0. The second-order valence-electron chi connectivity index (χ2n) is 5.69. The van der Waals surface area contributed by atoms with Gasteiger partial charge in [0.05, 0.1) is 0 Å². The highest BCUT2D eigenvalue weighted by Gasteiger charge is 2.43. The third kappa shape index (κ3) is 3.24. The van der Waals surface area contributed by atoms with Gasteiger partial charge < -0.3 is 16.2 Å². The average Bonchev–Trinajstić information content (AvgIpc) is 2.95. The molecule has 2 aliphatic carbocycles. The van der Waals surface area contributed by atoms with Crippen LogP contribution >= 0.6 is 0 Å². The van der Waals surface area contributed by atoms with E-state index in [1.165, 1.54) is 6.42 Å². The van der Waals surface area contributed by atoms with E-state index < -0.39 is 17.9 Å². The predicted octanol–water partition coefficient (Wildman–Crippen LogP) is 0.257. The predicted molar refractivity (Wildman–Crippen MR) is 66.9 cm³/mol. The normalized spacial score (nSPS) is 30.0. The van der Waals surface area contributed by atoms with Crippen LogP contribution in [0.4, 0.5) is 0 Å². The van der Waals surface area contributed by atoms with Crippen LogP contribution in [0.25, 0.3) is 0 Å². The van der Waals surface area contributed by atoms with Gasteiger partial charge in [-0.1, -0.05) is 6.42 Å². The number of hydrogen-bond acceptors (Lipinski definition) is 3. The van der Waals surface area contributed by atoms with Crippen LogP contribution in [0.2, 0.25) is 0 Å². The number of primary amides is 1. The minimum Gasteiger partial charge on any atom is -0.480 e. The molecule has 6 heteroatoms. The van der Waals surface area contributed by atoms with E-state index in [2.05, 4.69) is 5.32 Å². The summed E-state index contributed by atoms with van der Waals surface area (Å²) in [5.41, 5.74) is 5.00. The summed E-state index contributed by atoms with van der Waals surface area (Å²) in [6.45, 7) is 0. The van der Waals surface area contributed by atoms with E-state index in [-0.39, 0.29) is 24.7 Å². The van der Waals surface area contributed by atoms with Crippen molar-refractivity contribution in [1.82, 2.24) is 5.32 Å². The van der Waals surface area contributed by atoms with Gasteiger partial charge in [0.1, 0.15) is 6.04 Å². The van der Waals surface area contributed by atoms with E-state index in [9.17, 15) is 14.4 Å². The highest BCUT2D eigenvalue weighted by atomic mass is 16.4. The quantitative estimate of drug-likeness (QED) is 0.641. The lowest BCUT2D eigenvalue weighted by Gasteiger charge is -2.23. The van der Waals surface area contributed by atoms with Gasteiger partial charge in [-0.3, -0.25) is 9.59 Å². The molecule has 0 aromatic rings. The number of aliphatic carboxylic acids is 1. The molecule has 2 saturated carbocycles. The highest BCUT2D eigenvalue weighted by molar-refractivity contribution is 5.86. The molecule has 6 nitrogen and oxygen atoms in total. The molecule has 0 aromatic heterocycles. The molecule has 2 aliphatic rings. The first-order valence-corrected chi connectivity index (χ1v) is 6.79. The first-order chi connectivity index (χ1) is 8.97. The van der Waals surface area contributed by atoms with Crippen LogP contribution in [-0.2, 0) is 14.4 Å². The second-order valence-corrected chi connectivity index (χ2v) is 5.69. The molecule has 4 N–H and O–H groups in total. The van der Waals surface area contributed by atoms with Crippen LogP contribution in [0.15, 0.2) is 0 Å². The lowest BCUT2D eigenvalue weighted by atomic mass is 9.88. The maximum atomic E-state index is 12.1. The van der Waals surface area contributed by atoms with Gasteiger partial charge in [-0.15, -0.1) is 0 Å². The molecule has 2 bridgehead atoms. The zero-order valence-corrected chi connectivity index (χ0v) is 10.8. The van der Waals surface area contributed by atoms with Crippen molar-refractivity contribution in [2.45, 2.75) is 44.6 Å². The van der Waals surface area contributed by atoms with Gasteiger partial charge in [-0.2, -0.15) is 0 Å². The van der Waals surface area contributed by atoms with Crippen molar-refractivity contribution in [2.24, 2.45) is 23.5 Å². The van der Waals surface area contributed by atoms with E-state index >= 15 is 0 Å². The molecular formula is C13H20N2O4. The van der Waals surface area contributed by atoms with E-state index in [1.54, 1.807) is 0 Å². The van der Waals surface area contributed by atoms with Crippen molar-refractivity contribution in [3.63, 3.8) is 0 Å². The monoisotopic (exact) mass is 268 g/mol. The van der Waals surface area contributed by atoms with Crippen LogP contribution in [-0.4, -0.2) is 28.9 Å². The van der Waals surface area contributed by atoms with Crippen molar-refractivity contribution in [2.75, 3.05) is 0 Å². The zero-order valence-electron chi connectivity index (χ0n) is 10.8. The Morgan fingerprint density at radius 3 is 2.47 bits per heavy atom. The van der Waals surface area contributed by atoms with Gasteiger partial charge in [0.2, 0.25) is 11.8 Å². The summed E-state index contributed by atoms with van der Waals surface area (Å²) in [6.07, 6.45) is 4.25. The Hall–Kier alpha value is -1.59. The molecular weight excluding hydrogens is 248 g/mol. The number of fused-ring (bicyclic) bond motifs is 2. The van der Waals surface area contributed by atoms with E-state index in [0.717, 1.165) is 19.3 Å². The van der Waals surface area contributed by atoms with Gasteiger partial charge >= 0.3 is 5.97 Å². The Kier molecular flexibility index (Phi) is 4.07. The molecule has 0 aromatic carbocycles. The first-order valence-electron chi connectivity index (χ1n) is 6.79. The van der Waals surface area contributed by atoms with E-state index in [4.69, 9.17) is 10.8 Å². The third-order valence-corrected chi connectivity index (χ3v) is 4.37. The maximum absolute atomic E-state index is 12.1. The fourth-order valence-electron chi connectivity index (χ4n) is 3.39. The number of carboxylic acids is 1. The van der Waals surface area contributed by atoms with Crippen LogP contribution < -0.4 is 11.1 Å². The number of hydrogen-bond donors (Lipinski definition) is 3. The molecule has 2 amide bonds. The number of rotatable bonds is 6. The molecule has 0 heterocycles. The molecule has 0 spiro atoms. The van der Waals surface area contributed by atoms with E-state index in [1.807, 2.05) is 0 Å². The molecule has 4 atom stereocenters. The minimum atomic E-state index is -1.11. The van der Waals surface area contributed by atoms with Gasteiger partial charge in [0, 0.05) is 12.3 Å². The molecule has 0 saturated heterocycles. The fraction of sp³-hybridized carbons (Fsp3) is 0.769. The maximum Gasteiger partial charge on any atom is 0.326 e. The fourth-order valence-corrected chi connectivity index (χ4v) is 3.39. The van der Waals surface area contributed by atoms with Crippen LogP contribution in [0.1, 0.15) is 38.5 Å². The van der Waals surface area contributed by atoms with Gasteiger partial charge in [0.15, 0.2) is 0 Å². The average molecular weight is 268 g/mol. The SMILES string of the molecule is NC(=O)CC[C@H](NC(=O)C1CC2CCC1C2)C(=O)O. The Morgan fingerprint density at radius 1 is 1.26 bits per heavy atom. The molecule has 0 radical (unpaired) electrons. The molecule has 0 aliphatic heterocycles. The Labute approximate surface area is 111 Å². The van der Waals surface area contributed by atoms with Crippen molar-refractivity contribution in [3.05, 3.63) is 0 Å². The molecule has 3 unspecified atom stereocenters. The van der Waals surface area contributed by atoms with Crippen molar-refractivity contribution in [1.29, 1.82) is 0 Å². The second kappa shape index (κ2) is 5.59. The third-order valence-electron chi connectivity index (χ3n) is 4.37. The number of carbonyl (C=O) groups excluding carboxylic acids is 2. The van der Waals surface area contributed by atoms with Crippen LogP contribution in [0, 0.1) is 17.8 Å². The highest BCUT2D eigenvalue weighted by Crippen LogP contribution is 2.48. The standard InChI is InChI=1S/C13H20N2O4/c14-11(16)4-3-10(13(18)19)15-12(17)9-6-7-1-2-8(9)5-7/h7-10H,1-6H2,(H2,14,16)(H,15,17)(H,18,19)/t7?,8?,9?,10-/m0/s1. The van der Waals surface area contributed by atoms with Crippen molar-refractivity contribution in [3.8, 4) is 0 Å². The molecule has 2 fully saturated rings. The summed E-state index contributed by atoms with van der Waals surface area (Å²) in [6, 6.07) is -1.01. The topological polar surface area (TPSA) is 109 Å². The lowest BCUT2D eigenvalue weighted by molar-refractivity contribution is -0.143. The summed E-state index contributed by atoms with van der Waals surface area (Å²) in [5, 5.41) is 11.6. The summed E-state index contributed by atoms with van der Waals surface area (Å²) in [4.78, 5) is 33.8. The minimum absolute atomic E-state index is 0.0338. The largest absolute Gasteiger partial charge is 0.480 e. The van der Waals surface area contributed by atoms with Crippen molar-refractivity contribution < 1.29 is 19.5 Å². The molecule has 2 rings (SSSR count). The van der Waals surface area contributed by atoms with Crippen LogP contribution in [0.5, 0.6) is 0 Å². The number of carbonyl (C=O) groups is 3. The number of amides is 2. The molecule has 19 heavy (non-hydrogen) atoms. The number of carboxylic acid groups (broad SMARTS) is 1. The number of nitrogens with one attached hydrogen (secondary N) is 1. The summed E-state index contributed by atoms with van der Waals surface area (Å²) in [7, 11) is 0. The van der Waals surface area contributed by atoms with Crippen molar-refractivity contribution >= 4 is 17.8 Å². The summed E-state index contributed by atoms with van der Waals surface area (Å²) in [5.74, 6) is -0.846. The molecule has 106 valence electrons. The lowest BCUT2D eigenvalue weighted by Crippen LogP contribution is -2.45. The van der Waals surface area contributed by atoms with E-state index in [0.29, 0.717) is 11.8 Å². The first kappa shape index (κ1) is 13.8. The van der Waals surface area contributed by atoms with Gasteiger partial charge in [-0.25, -0.2) is 4.79 Å². The number of nitrogens with two attached hydrogens (primary N) is 1. The van der Waals surface area contributed by atoms with Gasteiger partial charge in [-0.05, 0) is 37.5 Å². The Morgan fingerprint density at radius 2 is 2.00 bits per heavy atom. The zero-order chi connectivity index (χ0) is 14.0. The van der Waals surface area contributed by atoms with Crippen LogP contribution in [0.3, 0.4) is 0 Å².